The van der Waals surface area contributed by atoms with Gasteiger partial charge in [0, 0.05) is 25.5 Å². The third-order valence-corrected chi connectivity index (χ3v) is 1.66. The zero-order chi connectivity index (χ0) is 10.4. The molecule has 0 aliphatic rings. The monoisotopic (exact) mass is 191 g/mol. The molecular formula is C9H13N5. The van der Waals surface area contributed by atoms with Crippen molar-refractivity contribution in [2.45, 2.75) is 0 Å². The van der Waals surface area contributed by atoms with Crippen LogP contribution in [0.3, 0.4) is 0 Å². The lowest BCUT2D eigenvalue weighted by atomic mass is 10.4. The number of rotatable bonds is 4. The molecule has 0 atom stereocenters. The van der Waals surface area contributed by atoms with E-state index in [2.05, 4.69) is 20.2 Å². The second-order valence-corrected chi connectivity index (χ2v) is 3.10. The molecule has 0 aliphatic carbocycles. The number of nitriles is 1. The van der Waals surface area contributed by atoms with Gasteiger partial charge in [0.15, 0.2) is 11.5 Å². The first-order valence-corrected chi connectivity index (χ1v) is 4.33. The van der Waals surface area contributed by atoms with Crippen molar-refractivity contribution in [1.29, 1.82) is 5.26 Å². The largest absolute Gasteiger partial charge is 0.366 e. The number of nitrogens with zero attached hydrogens (tertiary/aromatic N) is 4. The standard InChI is InChI=1S/C9H13N5/c1-14(2)6-5-13-9-8(7-10)11-3-4-12-9/h3-4H,5-6H2,1-2H3,(H,12,13). The van der Waals surface area contributed by atoms with E-state index >= 15 is 0 Å². The van der Waals surface area contributed by atoms with Crippen LogP contribution in [0.2, 0.25) is 0 Å². The Hall–Kier alpha value is -1.67. The molecule has 0 spiro atoms. The van der Waals surface area contributed by atoms with Gasteiger partial charge in [-0.25, -0.2) is 9.97 Å². The SMILES string of the molecule is CN(C)CCNc1nccnc1C#N. The second-order valence-electron chi connectivity index (χ2n) is 3.10. The summed E-state index contributed by atoms with van der Waals surface area (Å²) in [5.74, 6) is 0.553. The van der Waals surface area contributed by atoms with E-state index < -0.39 is 0 Å². The minimum absolute atomic E-state index is 0.339. The number of aromatic nitrogens is 2. The van der Waals surface area contributed by atoms with Crippen LogP contribution < -0.4 is 5.32 Å². The first kappa shape index (κ1) is 10.4. The zero-order valence-corrected chi connectivity index (χ0v) is 8.36. The molecule has 5 nitrogen and oxygen atoms in total. The molecule has 0 saturated carbocycles. The Morgan fingerprint density at radius 3 is 2.79 bits per heavy atom. The van der Waals surface area contributed by atoms with E-state index in [0.717, 1.165) is 13.1 Å². The summed E-state index contributed by atoms with van der Waals surface area (Å²) in [4.78, 5) is 9.98. The average molecular weight is 191 g/mol. The van der Waals surface area contributed by atoms with E-state index in [9.17, 15) is 0 Å². The Balaban J connectivity index is 2.54. The Kier molecular flexibility index (Phi) is 3.83. The fraction of sp³-hybridized carbons (Fsp3) is 0.444. The highest BCUT2D eigenvalue weighted by molar-refractivity contribution is 5.46. The molecule has 1 aromatic heterocycles. The lowest BCUT2D eigenvalue weighted by Crippen LogP contribution is -2.21. The van der Waals surface area contributed by atoms with Gasteiger partial charge in [0.25, 0.3) is 0 Å². The van der Waals surface area contributed by atoms with Gasteiger partial charge in [-0.05, 0) is 14.1 Å². The van der Waals surface area contributed by atoms with E-state index in [-0.39, 0.29) is 0 Å². The maximum absolute atomic E-state index is 8.72. The summed E-state index contributed by atoms with van der Waals surface area (Å²) in [7, 11) is 3.98. The van der Waals surface area contributed by atoms with E-state index in [1.165, 1.54) is 6.20 Å². The molecular weight excluding hydrogens is 178 g/mol. The van der Waals surface area contributed by atoms with Gasteiger partial charge in [0.05, 0.1) is 0 Å². The minimum atomic E-state index is 0.339. The molecule has 14 heavy (non-hydrogen) atoms. The summed E-state index contributed by atoms with van der Waals surface area (Å²) < 4.78 is 0. The fourth-order valence-electron chi connectivity index (χ4n) is 0.947. The van der Waals surface area contributed by atoms with Gasteiger partial charge in [-0.15, -0.1) is 0 Å². The van der Waals surface area contributed by atoms with Crippen molar-refractivity contribution in [2.24, 2.45) is 0 Å². The van der Waals surface area contributed by atoms with Crippen LogP contribution in [-0.4, -0.2) is 42.1 Å². The molecule has 1 heterocycles. The van der Waals surface area contributed by atoms with Crippen LogP contribution >= 0.6 is 0 Å². The highest BCUT2D eigenvalue weighted by Crippen LogP contribution is 2.05. The van der Waals surface area contributed by atoms with Gasteiger partial charge in [-0.1, -0.05) is 0 Å². The molecule has 0 aromatic carbocycles. The van der Waals surface area contributed by atoms with Crippen LogP contribution in [0.4, 0.5) is 5.82 Å². The number of hydrogen-bond donors (Lipinski definition) is 1. The maximum Gasteiger partial charge on any atom is 0.182 e. The molecule has 1 rings (SSSR count). The van der Waals surface area contributed by atoms with Crippen molar-refractivity contribution in [3.05, 3.63) is 18.1 Å². The van der Waals surface area contributed by atoms with E-state index in [4.69, 9.17) is 5.26 Å². The first-order chi connectivity index (χ1) is 6.74. The third-order valence-electron chi connectivity index (χ3n) is 1.66. The molecule has 0 bridgehead atoms. The number of likely N-dealkylation sites (N-methyl/N-ethyl adjacent to an activating group) is 1. The molecule has 0 saturated heterocycles. The molecule has 1 N–H and O–H groups in total. The molecule has 0 fully saturated rings. The summed E-state index contributed by atoms with van der Waals surface area (Å²) in [5, 5.41) is 11.8. The predicted octanol–water partition coefficient (Wildman–Crippen LogP) is 0.322. The van der Waals surface area contributed by atoms with Crippen molar-refractivity contribution >= 4 is 5.82 Å². The van der Waals surface area contributed by atoms with Crippen molar-refractivity contribution < 1.29 is 0 Å². The summed E-state index contributed by atoms with van der Waals surface area (Å²) in [6.07, 6.45) is 3.08. The van der Waals surface area contributed by atoms with Crippen LogP contribution in [0.5, 0.6) is 0 Å². The number of nitrogens with one attached hydrogen (secondary N) is 1. The van der Waals surface area contributed by atoms with Gasteiger partial charge in [0.1, 0.15) is 6.07 Å². The van der Waals surface area contributed by atoms with Crippen LogP contribution in [0.25, 0.3) is 0 Å². The topological polar surface area (TPSA) is 64.8 Å². The lowest BCUT2D eigenvalue weighted by molar-refractivity contribution is 0.425. The van der Waals surface area contributed by atoms with Crippen LogP contribution in [0.1, 0.15) is 5.69 Å². The van der Waals surface area contributed by atoms with E-state index in [0.29, 0.717) is 11.5 Å². The van der Waals surface area contributed by atoms with Gasteiger partial charge >= 0.3 is 0 Å². The molecule has 0 unspecified atom stereocenters. The van der Waals surface area contributed by atoms with Crippen molar-refractivity contribution in [1.82, 2.24) is 14.9 Å². The average Bonchev–Trinajstić information content (AvgIpc) is 2.18. The highest BCUT2D eigenvalue weighted by atomic mass is 15.1. The van der Waals surface area contributed by atoms with Gasteiger partial charge in [-0.2, -0.15) is 5.26 Å². The fourth-order valence-corrected chi connectivity index (χ4v) is 0.947. The lowest BCUT2D eigenvalue weighted by Gasteiger charge is -2.10. The molecule has 5 heteroatoms. The van der Waals surface area contributed by atoms with Gasteiger partial charge in [-0.3, -0.25) is 0 Å². The summed E-state index contributed by atoms with van der Waals surface area (Å²) in [6, 6.07) is 1.98. The smallest absolute Gasteiger partial charge is 0.182 e. The molecule has 74 valence electrons. The van der Waals surface area contributed by atoms with Crippen LogP contribution in [-0.2, 0) is 0 Å². The summed E-state index contributed by atoms with van der Waals surface area (Å²) >= 11 is 0. The Morgan fingerprint density at radius 1 is 1.43 bits per heavy atom. The summed E-state index contributed by atoms with van der Waals surface area (Å²) in [6.45, 7) is 1.64. The highest BCUT2D eigenvalue weighted by Gasteiger charge is 2.02. The van der Waals surface area contributed by atoms with Gasteiger partial charge in [0.2, 0.25) is 0 Å². The molecule has 0 amide bonds. The zero-order valence-electron chi connectivity index (χ0n) is 8.36. The molecule has 0 radical (unpaired) electrons. The Labute approximate surface area is 83.4 Å². The minimum Gasteiger partial charge on any atom is -0.366 e. The summed E-state index contributed by atoms with van der Waals surface area (Å²) in [5.41, 5.74) is 0.339. The van der Waals surface area contributed by atoms with E-state index in [1.807, 2.05) is 20.2 Å². The van der Waals surface area contributed by atoms with Crippen LogP contribution in [0, 0.1) is 11.3 Å². The predicted molar refractivity (Wildman–Crippen MR) is 53.8 cm³/mol. The number of anilines is 1. The van der Waals surface area contributed by atoms with Crippen LogP contribution in [0.15, 0.2) is 12.4 Å². The van der Waals surface area contributed by atoms with Crippen molar-refractivity contribution in [2.75, 3.05) is 32.5 Å². The molecule has 1 aromatic rings. The quantitative estimate of drug-likeness (QED) is 0.742. The van der Waals surface area contributed by atoms with Crippen molar-refractivity contribution in [3.63, 3.8) is 0 Å². The second kappa shape index (κ2) is 5.14. The first-order valence-electron chi connectivity index (χ1n) is 4.33. The number of hydrogen-bond acceptors (Lipinski definition) is 5. The normalized spacial score (nSPS) is 9.86. The van der Waals surface area contributed by atoms with Gasteiger partial charge < -0.3 is 10.2 Å². The Morgan fingerprint density at radius 2 is 2.14 bits per heavy atom. The van der Waals surface area contributed by atoms with Crippen molar-refractivity contribution in [3.8, 4) is 6.07 Å². The maximum atomic E-state index is 8.72. The van der Waals surface area contributed by atoms with E-state index in [1.54, 1.807) is 6.20 Å². The Bertz CT molecular complexity index is 328. The molecule has 0 aliphatic heterocycles. The third kappa shape index (κ3) is 2.99.